The molecule has 0 N–H and O–H groups in total. The van der Waals surface area contributed by atoms with Crippen LogP contribution in [0.2, 0.25) is 0 Å². The first-order chi connectivity index (χ1) is 21.8. The standard InChI is InChI=1S/C39H24N4O/c1-3-11-25(12-4-1)27-19-21-34-31(23-27)29-15-7-9-17-33(29)43(34)39-41-37(26-13-5-2-6-14-26)40-38(42-39)28-20-22-36-32(24-28)30-16-8-10-18-35(30)44-36/h1-24H. The second-order valence-corrected chi connectivity index (χ2v) is 10.9. The van der Waals surface area contributed by atoms with Crippen LogP contribution in [0.4, 0.5) is 0 Å². The van der Waals surface area contributed by atoms with Crippen molar-refractivity contribution in [2.75, 3.05) is 0 Å². The largest absolute Gasteiger partial charge is 0.456 e. The molecule has 0 saturated carbocycles. The van der Waals surface area contributed by atoms with E-state index in [0.717, 1.165) is 54.9 Å². The predicted octanol–water partition coefficient (Wildman–Crippen LogP) is 9.87. The van der Waals surface area contributed by atoms with Crippen molar-refractivity contribution in [3.8, 4) is 39.9 Å². The summed E-state index contributed by atoms with van der Waals surface area (Å²) in [4.78, 5) is 15.2. The van der Waals surface area contributed by atoms with Gasteiger partial charge in [0.05, 0.1) is 11.0 Å². The highest BCUT2D eigenvalue weighted by molar-refractivity contribution is 6.10. The van der Waals surface area contributed by atoms with Crippen molar-refractivity contribution in [1.29, 1.82) is 0 Å². The van der Waals surface area contributed by atoms with Crippen LogP contribution in [0.1, 0.15) is 0 Å². The summed E-state index contributed by atoms with van der Waals surface area (Å²) in [7, 11) is 0. The van der Waals surface area contributed by atoms with Crippen molar-refractivity contribution in [1.82, 2.24) is 19.5 Å². The topological polar surface area (TPSA) is 56.7 Å². The first-order valence-corrected chi connectivity index (χ1v) is 14.6. The van der Waals surface area contributed by atoms with Gasteiger partial charge in [-0.3, -0.25) is 4.57 Å². The zero-order valence-electron chi connectivity index (χ0n) is 23.6. The fourth-order valence-electron chi connectivity index (χ4n) is 6.17. The zero-order valence-corrected chi connectivity index (χ0v) is 23.6. The zero-order chi connectivity index (χ0) is 29.0. The second kappa shape index (κ2) is 9.75. The molecule has 0 atom stereocenters. The lowest BCUT2D eigenvalue weighted by Gasteiger charge is -2.11. The summed E-state index contributed by atoms with van der Waals surface area (Å²) in [5.41, 5.74) is 7.96. The Morgan fingerprint density at radius 3 is 1.80 bits per heavy atom. The van der Waals surface area contributed by atoms with E-state index >= 15 is 0 Å². The Hall–Kier alpha value is -6.07. The molecule has 0 unspecified atom stereocenters. The molecule has 3 heterocycles. The molecule has 0 radical (unpaired) electrons. The monoisotopic (exact) mass is 564 g/mol. The molecule has 6 aromatic carbocycles. The van der Waals surface area contributed by atoms with E-state index in [1.807, 2.05) is 66.7 Å². The normalized spacial score (nSPS) is 11.6. The lowest BCUT2D eigenvalue weighted by molar-refractivity contribution is 0.669. The quantitative estimate of drug-likeness (QED) is 0.213. The minimum Gasteiger partial charge on any atom is -0.456 e. The molecule has 5 heteroatoms. The lowest BCUT2D eigenvalue weighted by atomic mass is 10.0. The van der Waals surface area contributed by atoms with Crippen molar-refractivity contribution in [2.24, 2.45) is 0 Å². The summed E-state index contributed by atoms with van der Waals surface area (Å²) in [6.07, 6.45) is 0. The summed E-state index contributed by atoms with van der Waals surface area (Å²) < 4.78 is 8.26. The lowest BCUT2D eigenvalue weighted by Crippen LogP contribution is -2.06. The van der Waals surface area contributed by atoms with E-state index in [1.54, 1.807) is 0 Å². The highest BCUT2D eigenvalue weighted by Gasteiger charge is 2.19. The maximum atomic E-state index is 6.10. The van der Waals surface area contributed by atoms with Gasteiger partial charge in [-0.05, 0) is 53.6 Å². The molecule has 206 valence electrons. The predicted molar refractivity (Wildman–Crippen MR) is 178 cm³/mol. The van der Waals surface area contributed by atoms with Crippen LogP contribution < -0.4 is 0 Å². The van der Waals surface area contributed by atoms with E-state index in [2.05, 4.69) is 83.4 Å². The van der Waals surface area contributed by atoms with Gasteiger partial charge in [0.1, 0.15) is 11.2 Å². The number of hydrogen-bond donors (Lipinski definition) is 0. The SMILES string of the molecule is c1ccc(-c2ccc3c(c2)c2ccccc2n3-c2nc(-c3ccccc3)nc(-c3ccc4oc5ccccc5c4c3)n2)cc1. The van der Waals surface area contributed by atoms with E-state index in [9.17, 15) is 0 Å². The van der Waals surface area contributed by atoms with Gasteiger partial charge in [-0.15, -0.1) is 0 Å². The Bertz CT molecular complexity index is 2490. The van der Waals surface area contributed by atoms with Gasteiger partial charge in [0, 0.05) is 32.7 Å². The molecule has 3 aromatic heterocycles. The maximum absolute atomic E-state index is 6.10. The third-order valence-corrected chi connectivity index (χ3v) is 8.27. The first-order valence-electron chi connectivity index (χ1n) is 14.6. The summed E-state index contributed by atoms with van der Waals surface area (Å²) in [6.45, 7) is 0. The molecule has 44 heavy (non-hydrogen) atoms. The molecule has 5 nitrogen and oxygen atoms in total. The van der Waals surface area contributed by atoms with Gasteiger partial charge in [0.2, 0.25) is 5.95 Å². The van der Waals surface area contributed by atoms with E-state index in [-0.39, 0.29) is 0 Å². The number of furan rings is 1. The fraction of sp³-hybridized carbons (Fsp3) is 0. The Kier molecular flexibility index (Phi) is 5.43. The van der Waals surface area contributed by atoms with Crippen LogP contribution >= 0.6 is 0 Å². The van der Waals surface area contributed by atoms with Crippen LogP contribution in [-0.4, -0.2) is 19.5 Å². The number of fused-ring (bicyclic) bond motifs is 6. The van der Waals surface area contributed by atoms with Gasteiger partial charge >= 0.3 is 0 Å². The smallest absolute Gasteiger partial charge is 0.238 e. The first kappa shape index (κ1) is 24.5. The van der Waals surface area contributed by atoms with Gasteiger partial charge in [0.25, 0.3) is 0 Å². The van der Waals surface area contributed by atoms with E-state index in [4.69, 9.17) is 19.4 Å². The van der Waals surface area contributed by atoms with Gasteiger partial charge in [0.15, 0.2) is 11.6 Å². The van der Waals surface area contributed by atoms with Crippen LogP contribution in [0.3, 0.4) is 0 Å². The number of para-hydroxylation sites is 2. The highest BCUT2D eigenvalue weighted by Crippen LogP contribution is 2.36. The van der Waals surface area contributed by atoms with Crippen molar-refractivity contribution in [3.05, 3.63) is 146 Å². The van der Waals surface area contributed by atoms with Gasteiger partial charge < -0.3 is 4.42 Å². The average Bonchev–Trinajstić information content (AvgIpc) is 3.64. The minimum atomic E-state index is 0.574. The number of benzene rings is 6. The number of rotatable bonds is 4. The molecule has 0 saturated heterocycles. The van der Waals surface area contributed by atoms with Gasteiger partial charge in [-0.25, -0.2) is 4.98 Å². The molecular formula is C39H24N4O. The van der Waals surface area contributed by atoms with Crippen molar-refractivity contribution < 1.29 is 4.42 Å². The summed E-state index contributed by atoms with van der Waals surface area (Å²) in [6, 6.07) is 49.9. The molecule has 0 amide bonds. The Morgan fingerprint density at radius 1 is 0.386 bits per heavy atom. The third kappa shape index (κ3) is 3.91. The molecule has 0 aliphatic carbocycles. The van der Waals surface area contributed by atoms with Crippen molar-refractivity contribution in [2.45, 2.75) is 0 Å². The summed E-state index contributed by atoms with van der Waals surface area (Å²) >= 11 is 0. The molecular weight excluding hydrogens is 540 g/mol. The molecule has 9 rings (SSSR count). The van der Waals surface area contributed by atoms with Gasteiger partial charge in [-0.2, -0.15) is 9.97 Å². The van der Waals surface area contributed by atoms with Crippen LogP contribution in [-0.2, 0) is 0 Å². The Labute approximate surface area is 252 Å². The van der Waals surface area contributed by atoms with Crippen molar-refractivity contribution in [3.63, 3.8) is 0 Å². The van der Waals surface area contributed by atoms with Crippen molar-refractivity contribution >= 4 is 43.7 Å². The number of aromatic nitrogens is 4. The molecule has 0 spiro atoms. The maximum Gasteiger partial charge on any atom is 0.238 e. The van der Waals surface area contributed by atoms with Crippen LogP contribution in [0.5, 0.6) is 0 Å². The highest BCUT2D eigenvalue weighted by atomic mass is 16.3. The second-order valence-electron chi connectivity index (χ2n) is 10.9. The molecule has 0 fully saturated rings. The van der Waals surface area contributed by atoms with Crippen LogP contribution in [0.15, 0.2) is 150 Å². The van der Waals surface area contributed by atoms with Crippen LogP contribution in [0.25, 0.3) is 83.6 Å². The Morgan fingerprint density at radius 2 is 0.977 bits per heavy atom. The third-order valence-electron chi connectivity index (χ3n) is 8.27. The van der Waals surface area contributed by atoms with Gasteiger partial charge in [-0.1, -0.05) is 103 Å². The van der Waals surface area contributed by atoms with E-state index < -0.39 is 0 Å². The summed E-state index contributed by atoms with van der Waals surface area (Å²) in [5, 5.41) is 4.40. The van der Waals surface area contributed by atoms with E-state index in [0.29, 0.717) is 17.6 Å². The number of nitrogens with zero attached hydrogens (tertiary/aromatic N) is 4. The van der Waals surface area contributed by atoms with Crippen LogP contribution in [0, 0.1) is 0 Å². The molecule has 9 aromatic rings. The minimum absolute atomic E-state index is 0.574. The van der Waals surface area contributed by atoms with E-state index in [1.165, 1.54) is 11.1 Å². The molecule has 0 bridgehead atoms. The average molecular weight is 565 g/mol. The molecule has 0 aliphatic rings. The summed E-state index contributed by atoms with van der Waals surface area (Å²) in [5.74, 6) is 1.80. The Balaban J connectivity index is 1.30. The fourth-order valence-corrected chi connectivity index (χ4v) is 6.17. The number of hydrogen-bond acceptors (Lipinski definition) is 4. The molecule has 0 aliphatic heterocycles.